The van der Waals surface area contributed by atoms with Crippen LogP contribution in [-0.4, -0.2) is 70.3 Å². The summed E-state index contributed by atoms with van der Waals surface area (Å²) in [5.74, 6) is 0.339. The van der Waals surface area contributed by atoms with E-state index in [-0.39, 0.29) is 37.4 Å². The number of piperidine rings is 1. The number of hydrogen-bond donors (Lipinski definition) is 1. The topological polar surface area (TPSA) is 111 Å². The zero-order valence-corrected chi connectivity index (χ0v) is 19.0. The highest BCUT2D eigenvalue weighted by Crippen LogP contribution is 2.41. The van der Waals surface area contributed by atoms with Crippen molar-refractivity contribution in [3.8, 4) is 11.5 Å². The molecule has 0 saturated carbocycles. The quantitative estimate of drug-likeness (QED) is 0.615. The van der Waals surface area contributed by atoms with Crippen molar-refractivity contribution in [1.29, 1.82) is 0 Å². The molecule has 9 nitrogen and oxygen atoms in total. The van der Waals surface area contributed by atoms with Gasteiger partial charge in [0.2, 0.25) is 10.0 Å². The van der Waals surface area contributed by atoms with Crippen molar-refractivity contribution < 1.29 is 32.2 Å². The molecule has 0 unspecified atom stereocenters. The molecule has 1 saturated heterocycles. The van der Waals surface area contributed by atoms with Gasteiger partial charge in [0.15, 0.2) is 11.5 Å². The predicted octanol–water partition coefficient (Wildman–Crippen LogP) is 1.03. The first-order valence-corrected chi connectivity index (χ1v) is 11.8. The van der Waals surface area contributed by atoms with Crippen LogP contribution in [0.4, 0.5) is 0 Å². The van der Waals surface area contributed by atoms with Gasteiger partial charge in [0.1, 0.15) is 5.60 Å². The van der Waals surface area contributed by atoms with Crippen LogP contribution in [0.1, 0.15) is 25.3 Å². The number of amides is 1. The Labute approximate surface area is 182 Å². The van der Waals surface area contributed by atoms with Crippen molar-refractivity contribution in [2.75, 3.05) is 40.1 Å². The summed E-state index contributed by atoms with van der Waals surface area (Å²) < 4.78 is 41.1. The lowest BCUT2D eigenvalue weighted by Gasteiger charge is -2.38. The molecule has 1 spiro atoms. The molecule has 1 amide bonds. The van der Waals surface area contributed by atoms with Gasteiger partial charge in [-0.1, -0.05) is 6.07 Å². The molecule has 0 atom stereocenters. The molecule has 170 valence electrons. The third-order valence-electron chi connectivity index (χ3n) is 5.80. The van der Waals surface area contributed by atoms with E-state index in [1.807, 2.05) is 12.1 Å². The number of hydrogen-bond acceptors (Lipinski definition) is 7. The number of carbonyl (C=O) groups excluding carboxylic acids is 2. The van der Waals surface area contributed by atoms with Gasteiger partial charge >= 0.3 is 5.97 Å². The second kappa shape index (κ2) is 8.88. The summed E-state index contributed by atoms with van der Waals surface area (Å²) in [7, 11) is -0.211. The van der Waals surface area contributed by atoms with E-state index < -0.39 is 21.6 Å². The van der Waals surface area contributed by atoms with Crippen molar-refractivity contribution in [3.63, 3.8) is 0 Å². The maximum Gasteiger partial charge on any atom is 0.335 e. The number of methoxy groups -OCH3 is 2. The lowest BCUT2D eigenvalue weighted by molar-refractivity contribution is -0.150. The zero-order valence-electron chi connectivity index (χ0n) is 18.2. The van der Waals surface area contributed by atoms with Gasteiger partial charge in [0, 0.05) is 38.0 Å². The van der Waals surface area contributed by atoms with Crippen LogP contribution in [0.2, 0.25) is 0 Å². The predicted molar refractivity (Wildman–Crippen MR) is 113 cm³/mol. The smallest absolute Gasteiger partial charge is 0.335 e. The van der Waals surface area contributed by atoms with Crippen LogP contribution in [0.25, 0.3) is 0 Å². The number of ether oxygens (including phenoxy) is 3. The summed E-state index contributed by atoms with van der Waals surface area (Å²) in [6.45, 7) is 2.32. The van der Waals surface area contributed by atoms with Gasteiger partial charge < -0.3 is 19.5 Å². The van der Waals surface area contributed by atoms with Crippen molar-refractivity contribution >= 4 is 21.9 Å². The Balaban J connectivity index is 1.68. The number of nitrogens with zero attached hydrogens (tertiary/aromatic N) is 1. The van der Waals surface area contributed by atoms with Gasteiger partial charge in [-0.05, 0) is 31.0 Å². The Morgan fingerprint density at radius 1 is 1.19 bits per heavy atom. The first-order valence-electron chi connectivity index (χ1n) is 10.0. The maximum atomic E-state index is 13.0. The maximum absolute atomic E-state index is 13.0. The molecule has 1 N–H and O–H groups in total. The van der Waals surface area contributed by atoms with Gasteiger partial charge in [-0.25, -0.2) is 17.5 Å². The van der Waals surface area contributed by atoms with Crippen molar-refractivity contribution in [1.82, 2.24) is 9.62 Å². The van der Waals surface area contributed by atoms with Crippen LogP contribution in [0.5, 0.6) is 11.5 Å². The molecule has 0 aliphatic carbocycles. The number of carbonyl (C=O) groups is 2. The van der Waals surface area contributed by atoms with E-state index in [4.69, 9.17) is 14.2 Å². The second-order valence-corrected chi connectivity index (χ2v) is 9.72. The van der Waals surface area contributed by atoms with Crippen LogP contribution < -0.4 is 14.8 Å². The Morgan fingerprint density at radius 3 is 2.42 bits per heavy atom. The highest BCUT2D eigenvalue weighted by molar-refractivity contribution is 7.88. The summed E-state index contributed by atoms with van der Waals surface area (Å²) in [6, 6.07) is 5.54. The van der Waals surface area contributed by atoms with Crippen LogP contribution in [0.3, 0.4) is 0 Å². The van der Waals surface area contributed by atoms with E-state index in [2.05, 4.69) is 5.32 Å². The molecule has 10 heteroatoms. The fourth-order valence-electron chi connectivity index (χ4n) is 4.10. The van der Waals surface area contributed by atoms with Gasteiger partial charge in [-0.2, -0.15) is 0 Å². The fourth-order valence-corrected chi connectivity index (χ4v) is 4.95. The van der Waals surface area contributed by atoms with Crippen molar-refractivity contribution in [2.45, 2.75) is 31.8 Å². The third-order valence-corrected chi connectivity index (χ3v) is 7.10. The Bertz CT molecular complexity index is 1010. The lowest BCUT2D eigenvalue weighted by Crippen LogP contribution is -2.50. The third kappa shape index (κ3) is 4.69. The normalized spacial score (nSPS) is 18.8. The summed E-state index contributed by atoms with van der Waals surface area (Å²) in [5.41, 5.74) is 0.462. The van der Waals surface area contributed by atoms with E-state index in [0.717, 1.165) is 11.8 Å². The molecule has 0 bridgehead atoms. The largest absolute Gasteiger partial charge is 0.493 e. The lowest BCUT2D eigenvalue weighted by atomic mass is 9.83. The first-order chi connectivity index (χ1) is 14.6. The van der Waals surface area contributed by atoms with Crippen molar-refractivity contribution in [3.05, 3.63) is 34.9 Å². The molecule has 0 radical (unpaired) electrons. The monoisotopic (exact) mass is 452 g/mol. The molecule has 3 rings (SSSR count). The highest BCUT2D eigenvalue weighted by atomic mass is 32.2. The van der Waals surface area contributed by atoms with Crippen LogP contribution in [-0.2, 0) is 30.8 Å². The molecule has 0 aromatic heterocycles. The van der Waals surface area contributed by atoms with Gasteiger partial charge in [0.25, 0.3) is 5.91 Å². The molecule has 31 heavy (non-hydrogen) atoms. The molecule has 2 aliphatic rings. The summed E-state index contributed by atoms with van der Waals surface area (Å²) in [5, 5.41) is 2.87. The number of rotatable bonds is 7. The minimum Gasteiger partial charge on any atom is -0.493 e. The van der Waals surface area contributed by atoms with Crippen molar-refractivity contribution in [2.24, 2.45) is 0 Å². The van der Waals surface area contributed by atoms with E-state index in [9.17, 15) is 18.0 Å². The zero-order chi connectivity index (χ0) is 22.8. The summed E-state index contributed by atoms with van der Waals surface area (Å²) >= 11 is 0. The minimum atomic E-state index is -3.34. The van der Waals surface area contributed by atoms with Gasteiger partial charge in [0.05, 0.1) is 26.0 Å². The van der Waals surface area contributed by atoms with E-state index in [1.165, 1.54) is 4.31 Å². The molecular weight excluding hydrogens is 424 g/mol. The molecule has 1 fully saturated rings. The van der Waals surface area contributed by atoms with Crippen LogP contribution in [0.15, 0.2) is 29.3 Å². The molecule has 2 heterocycles. The number of esters is 1. The van der Waals surface area contributed by atoms with Gasteiger partial charge in [-0.3, -0.25) is 4.79 Å². The highest BCUT2D eigenvalue weighted by Gasteiger charge is 2.51. The Morgan fingerprint density at radius 2 is 1.84 bits per heavy atom. The standard InChI is InChI=1S/C21H28N2O7S/c1-14-18(21(30-20(14)25)8-11-23(12-9-21)31(4,26)27)19(24)22-10-7-15-5-6-16(28-2)17(13-15)29-3/h5-6,13H,7-12H2,1-4H3,(H,22,24). The van der Waals surface area contributed by atoms with Crippen LogP contribution in [0, 0.1) is 0 Å². The average Bonchev–Trinajstić information content (AvgIpc) is 2.96. The average molecular weight is 453 g/mol. The van der Waals surface area contributed by atoms with Crippen LogP contribution >= 0.6 is 0 Å². The minimum absolute atomic E-state index is 0.196. The molecule has 1 aromatic carbocycles. The Hall–Kier alpha value is -2.59. The van der Waals surface area contributed by atoms with Gasteiger partial charge in [-0.15, -0.1) is 0 Å². The number of nitrogens with one attached hydrogen (secondary N) is 1. The molecular formula is C21H28N2O7S. The van der Waals surface area contributed by atoms with E-state index in [0.29, 0.717) is 30.0 Å². The molecule has 1 aromatic rings. The molecule has 2 aliphatic heterocycles. The second-order valence-electron chi connectivity index (χ2n) is 7.74. The number of benzene rings is 1. The Kier molecular flexibility index (Phi) is 6.61. The van der Waals surface area contributed by atoms with E-state index in [1.54, 1.807) is 27.2 Å². The van der Waals surface area contributed by atoms with E-state index >= 15 is 0 Å². The number of sulfonamides is 1. The SMILES string of the molecule is COc1ccc(CCNC(=O)C2=C(C)C(=O)OC23CCN(S(C)(=O)=O)CC3)cc1OC. The fraction of sp³-hybridized carbons (Fsp3) is 0.524. The first kappa shape index (κ1) is 23.1. The summed E-state index contributed by atoms with van der Waals surface area (Å²) in [6.07, 6.45) is 2.21. The summed E-state index contributed by atoms with van der Waals surface area (Å²) in [4.78, 5) is 25.2.